The van der Waals surface area contributed by atoms with E-state index in [1.54, 1.807) is 6.07 Å². The second kappa shape index (κ2) is 8.54. The molecule has 0 bridgehead atoms. The van der Waals surface area contributed by atoms with Gasteiger partial charge in [0.1, 0.15) is 5.82 Å². The van der Waals surface area contributed by atoms with E-state index in [9.17, 15) is 9.59 Å². The number of pyridine rings is 1. The Morgan fingerprint density at radius 1 is 1.22 bits per heavy atom. The minimum Gasteiger partial charge on any atom is -0.383 e. The van der Waals surface area contributed by atoms with E-state index in [0.29, 0.717) is 32.5 Å². The average Bonchev–Trinajstić information content (AvgIpc) is 2.72. The van der Waals surface area contributed by atoms with Crippen LogP contribution in [0, 0.1) is 5.41 Å². The highest BCUT2D eigenvalue weighted by Gasteiger charge is 2.43. The Bertz CT molecular complexity index is 1020. The van der Waals surface area contributed by atoms with Crippen LogP contribution in [0.25, 0.3) is 0 Å². The van der Waals surface area contributed by atoms with Crippen molar-refractivity contribution in [3.63, 3.8) is 0 Å². The van der Waals surface area contributed by atoms with Crippen molar-refractivity contribution < 1.29 is 14.3 Å². The Balaban J connectivity index is 1.55. The van der Waals surface area contributed by atoms with Crippen LogP contribution in [-0.4, -0.2) is 40.5 Å². The van der Waals surface area contributed by atoms with E-state index in [-0.39, 0.29) is 28.3 Å². The second-order valence-electron chi connectivity index (χ2n) is 9.83. The third-order valence-corrected chi connectivity index (χ3v) is 6.69. The quantitative estimate of drug-likeness (QED) is 0.749. The largest absolute Gasteiger partial charge is 0.383 e. The summed E-state index contributed by atoms with van der Waals surface area (Å²) in [7, 11) is 0. The Hall–Kier alpha value is -2.93. The van der Waals surface area contributed by atoms with Gasteiger partial charge in [-0.2, -0.15) is 0 Å². The molecule has 0 aliphatic carbocycles. The summed E-state index contributed by atoms with van der Waals surface area (Å²) in [5.41, 5.74) is 14.0. The third kappa shape index (κ3) is 4.78. The molecule has 0 spiro atoms. The van der Waals surface area contributed by atoms with Crippen LogP contribution in [0.3, 0.4) is 0 Å². The summed E-state index contributed by atoms with van der Waals surface area (Å²) in [6, 6.07) is 12.1. The van der Waals surface area contributed by atoms with Crippen molar-refractivity contribution in [2.45, 2.75) is 58.1 Å². The lowest BCUT2D eigenvalue weighted by atomic mass is 9.68. The van der Waals surface area contributed by atoms with Gasteiger partial charge in [-0.1, -0.05) is 30.3 Å². The normalized spacial score (nSPS) is 22.2. The number of anilines is 1. The fourth-order valence-electron chi connectivity index (χ4n) is 5.31. The number of amides is 2. The zero-order valence-corrected chi connectivity index (χ0v) is 18.9. The molecule has 4 rings (SSSR count). The van der Waals surface area contributed by atoms with E-state index in [2.05, 4.69) is 31.0 Å². The maximum Gasteiger partial charge on any atom is 0.252 e. The number of nitrogens with two attached hydrogens (primary N) is 2. The summed E-state index contributed by atoms with van der Waals surface area (Å²) in [5, 5.41) is 0. The molecule has 3 heterocycles. The zero-order valence-electron chi connectivity index (χ0n) is 18.9. The van der Waals surface area contributed by atoms with Gasteiger partial charge in [-0.05, 0) is 55.7 Å². The molecule has 1 unspecified atom stereocenters. The summed E-state index contributed by atoms with van der Waals surface area (Å²) < 4.78 is 5.99. The van der Waals surface area contributed by atoms with E-state index in [1.807, 2.05) is 23.1 Å². The molecule has 1 aromatic carbocycles. The molecule has 1 fully saturated rings. The van der Waals surface area contributed by atoms with E-state index in [1.165, 1.54) is 5.56 Å². The van der Waals surface area contributed by atoms with Gasteiger partial charge in [0.05, 0.1) is 11.2 Å². The van der Waals surface area contributed by atoms with Gasteiger partial charge < -0.3 is 21.1 Å². The summed E-state index contributed by atoms with van der Waals surface area (Å²) >= 11 is 0. The predicted octanol–water partition coefficient (Wildman–Crippen LogP) is 2.86. The van der Waals surface area contributed by atoms with Crippen LogP contribution < -0.4 is 11.5 Å². The summed E-state index contributed by atoms with van der Waals surface area (Å²) in [6.45, 7) is 5.88. The first-order chi connectivity index (χ1) is 15.2. The first-order valence-corrected chi connectivity index (χ1v) is 11.2. The first kappa shape index (κ1) is 22.3. The summed E-state index contributed by atoms with van der Waals surface area (Å²) in [4.78, 5) is 31.4. The fraction of sp³-hybridized carbons (Fsp3) is 0.480. The standard InChI is InChI=1S/C25H32N4O3/c1-24(2)16-25(9-11-32-24,13-17-6-4-3-5-7-17)14-21(30)29-10-8-20-18(15-29)12-19(23(27)31)22(26)28-20/h3-7,12H,8-11,13-16H2,1-2H3,(H2,26,28)(H2,27,31). The van der Waals surface area contributed by atoms with Crippen LogP contribution in [0.5, 0.6) is 0 Å². The van der Waals surface area contributed by atoms with Crippen molar-refractivity contribution in [3.05, 3.63) is 58.8 Å². The lowest BCUT2D eigenvalue weighted by Gasteiger charge is -2.45. The molecule has 0 radical (unpaired) electrons. The Labute approximate surface area is 189 Å². The Kier molecular flexibility index (Phi) is 5.95. The molecule has 32 heavy (non-hydrogen) atoms. The van der Waals surface area contributed by atoms with Crippen LogP contribution in [0.1, 0.15) is 60.3 Å². The first-order valence-electron chi connectivity index (χ1n) is 11.2. The van der Waals surface area contributed by atoms with E-state index in [4.69, 9.17) is 16.2 Å². The molecule has 7 nitrogen and oxygen atoms in total. The smallest absolute Gasteiger partial charge is 0.252 e. The molecule has 4 N–H and O–H groups in total. The topological polar surface area (TPSA) is 112 Å². The van der Waals surface area contributed by atoms with Crippen LogP contribution in [0.2, 0.25) is 0 Å². The molecule has 170 valence electrons. The van der Waals surface area contributed by atoms with Crippen molar-refractivity contribution in [1.82, 2.24) is 9.88 Å². The highest BCUT2D eigenvalue weighted by atomic mass is 16.5. The van der Waals surface area contributed by atoms with E-state index in [0.717, 1.165) is 30.5 Å². The minimum absolute atomic E-state index is 0.127. The number of rotatable bonds is 5. The number of hydrogen-bond acceptors (Lipinski definition) is 5. The number of fused-ring (bicyclic) bond motifs is 1. The van der Waals surface area contributed by atoms with Crippen LogP contribution in [0.15, 0.2) is 36.4 Å². The monoisotopic (exact) mass is 436 g/mol. The lowest BCUT2D eigenvalue weighted by Crippen LogP contribution is -2.46. The summed E-state index contributed by atoms with van der Waals surface area (Å²) in [6.07, 6.45) is 3.61. The molecule has 7 heteroatoms. The van der Waals surface area contributed by atoms with Gasteiger partial charge in [-0.3, -0.25) is 9.59 Å². The van der Waals surface area contributed by atoms with Gasteiger partial charge in [0, 0.05) is 38.2 Å². The Morgan fingerprint density at radius 2 is 1.97 bits per heavy atom. The van der Waals surface area contributed by atoms with E-state index < -0.39 is 5.91 Å². The zero-order chi connectivity index (χ0) is 22.9. The molecular formula is C25H32N4O3. The molecule has 1 aromatic heterocycles. The molecule has 2 aliphatic rings. The van der Waals surface area contributed by atoms with Gasteiger partial charge >= 0.3 is 0 Å². The second-order valence-corrected chi connectivity index (χ2v) is 9.83. The van der Waals surface area contributed by atoms with Gasteiger partial charge in [0.15, 0.2) is 0 Å². The number of primary amides is 1. The molecule has 2 aliphatic heterocycles. The van der Waals surface area contributed by atoms with Crippen LogP contribution >= 0.6 is 0 Å². The van der Waals surface area contributed by atoms with Gasteiger partial charge in [0.2, 0.25) is 5.91 Å². The number of nitrogens with zero attached hydrogens (tertiary/aromatic N) is 2. The van der Waals surface area contributed by atoms with Crippen molar-refractivity contribution in [3.8, 4) is 0 Å². The average molecular weight is 437 g/mol. The van der Waals surface area contributed by atoms with Crippen molar-refractivity contribution in [2.24, 2.45) is 11.1 Å². The minimum atomic E-state index is -0.604. The molecule has 1 saturated heterocycles. The number of hydrogen-bond donors (Lipinski definition) is 2. The Morgan fingerprint density at radius 3 is 2.66 bits per heavy atom. The molecule has 1 atom stereocenters. The summed E-state index contributed by atoms with van der Waals surface area (Å²) in [5.74, 6) is -0.323. The number of carbonyl (C=O) groups is 2. The number of aromatic nitrogens is 1. The van der Waals surface area contributed by atoms with Crippen LogP contribution in [-0.2, 0) is 28.9 Å². The number of ether oxygens (including phenoxy) is 1. The van der Waals surface area contributed by atoms with Crippen molar-refractivity contribution >= 4 is 17.6 Å². The van der Waals surface area contributed by atoms with Crippen molar-refractivity contribution in [1.29, 1.82) is 0 Å². The predicted molar refractivity (Wildman–Crippen MR) is 123 cm³/mol. The maximum atomic E-state index is 13.5. The number of benzene rings is 1. The van der Waals surface area contributed by atoms with Crippen LogP contribution in [0.4, 0.5) is 5.82 Å². The fourth-order valence-corrected chi connectivity index (χ4v) is 5.31. The molecular weight excluding hydrogens is 404 g/mol. The number of carbonyl (C=O) groups excluding carboxylic acids is 2. The van der Waals surface area contributed by atoms with Crippen molar-refractivity contribution in [2.75, 3.05) is 18.9 Å². The maximum absolute atomic E-state index is 13.5. The molecule has 0 saturated carbocycles. The highest BCUT2D eigenvalue weighted by molar-refractivity contribution is 5.97. The number of nitrogen functional groups attached to an aromatic ring is 1. The lowest BCUT2D eigenvalue weighted by molar-refractivity contribution is -0.142. The third-order valence-electron chi connectivity index (χ3n) is 6.69. The van der Waals surface area contributed by atoms with E-state index >= 15 is 0 Å². The molecule has 2 aromatic rings. The SMILES string of the molecule is CC1(C)CC(CC(=O)N2CCc3nc(N)c(C(N)=O)cc3C2)(Cc2ccccc2)CCO1. The highest BCUT2D eigenvalue weighted by Crippen LogP contribution is 2.44. The van der Waals surface area contributed by atoms with Gasteiger partial charge in [0.25, 0.3) is 5.91 Å². The molecule has 2 amide bonds. The van der Waals surface area contributed by atoms with Gasteiger partial charge in [-0.25, -0.2) is 4.98 Å². The van der Waals surface area contributed by atoms with Gasteiger partial charge in [-0.15, -0.1) is 0 Å².